The van der Waals surface area contributed by atoms with E-state index in [0.717, 1.165) is 73.2 Å². The van der Waals surface area contributed by atoms with Crippen molar-refractivity contribution in [3.05, 3.63) is 29.1 Å². The Morgan fingerprint density at radius 3 is 2.88 bits per heavy atom. The van der Waals surface area contributed by atoms with Gasteiger partial charge < -0.3 is 14.7 Å². The first-order chi connectivity index (χ1) is 12.7. The molecule has 1 N–H and O–H groups in total. The van der Waals surface area contributed by atoms with Gasteiger partial charge in [0.15, 0.2) is 5.96 Å². The van der Waals surface area contributed by atoms with Crippen molar-refractivity contribution in [1.82, 2.24) is 25.3 Å². The van der Waals surface area contributed by atoms with Crippen LogP contribution in [0.5, 0.6) is 0 Å². The first-order valence-electron chi connectivity index (χ1n) is 8.87. The van der Waals surface area contributed by atoms with Crippen LogP contribution in [0.15, 0.2) is 31.5 Å². The van der Waals surface area contributed by atoms with Crippen LogP contribution in [0.2, 0.25) is 0 Å². The van der Waals surface area contributed by atoms with Gasteiger partial charge in [-0.1, -0.05) is 16.9 Å². The van der Waals surface area contributed by atoms with Gasteiger partial charge in [0.05, 0.1) is 5.69 Å². The monoisotopic (exact) mass is 394 g/mol. The summed E-state index contributed by atoms with van der Waals surface area (Å²) in [6.07, 6.45) is 2.95. The highest BCUT2D eigenvalue weighted by Gasteiger charge is 2.20. The number of aromatic nitrogens is 2. The van der Waals surface area contributed by atoms with Crippen LogP contribution in [0.1, 0.15) is 17.9 Å². The molecule has 0 unspecified atom stereocenters. The third kappa shape index (κ3) is 5.72. The van der Waals surface area contributed by atoms with Crippen LogP contribution in [0.25, 0.3) is 0 Å². The van der Waals surface area contributed by atoms with Crippen LogP contribution < -0.4 is 5.32 Å². The first kappa shape index (κ1) is 19.2. The second-order valence-electron chi connectivity index (χ2n) is 6.17. The standard InChI is InChI=1S/C17H26N6OS2/c1-14-12-15(21-24-14)13-22-6-8-23(9-7-22)16(18-2)19-4-3-10-25-17-20-5-11-26-17/h5,11-12H,3-4,6-10,13H2,1-2H3,(H,18,19). The molecular formula is C17H26N6OS2. The summed E-state index contributed by atoms with van der Waals surface area (Å²) in [4.78, 5) is 13.5. The summed E-state index contributed by atoms with van der Waals surface area (Å²) < 4.78 is 6.30. The van der Waals surface area contributed by atoms with Gasteiger partial charge in [0.25, 0.3) is 0 Å². The van der Waals surface area contributed by atoms with E-state index in [1.165, 1.54) is 0 Å². The number of rotatable bonds is 7. The van der Waals surface area contributed by atoms with Crippen molar-refractivity contribution < 1.29 is 4.52 Å². The number of nitrogens with one attached hydrogen (secondary N) is 1. The maximum atomic E-state index is 5.15. The number of hydrogen-bond acceptors (Lipinski definition) is 7. The van der Waals surface area contributed by atoms with E-state index in [1.807, 2.05) is 43.4 Å². The highest BCUT2D eigenvalue weighted by atomic mass is 32.2. The molecule has 2 aromatic heterocycles. The largest absolute Gasteiger partial charge is 0.361 e. The summed E-state index contributed by atoms with van der Waals surface area (Å²) in [7, 11) is 1.86. The molecule has 26 heavy (non-hydrogen) atoms. The zero-order valence-corrected chi connectivity index (χ0v) is 17.0. The van der Waals surface area contributed by atoms with E-state index < -0.39 is 0 Å². The molecule has 142 valence electrons. The van der Waals surface area contributed by atoms with Gasteiger partial charge in [-0.3, -0.25) is 9.89 Å². The molecule has 0 aromatic carbocycles. The molecule has 0 saturated carbocycles. The number of aryl methyl sites for hydroxylation is 1. The molecule has 0 radical (unpaired) electrons. The maximum Gasteiger partial charge on any atom is 0.193 e. The van der Waals surface area contributed by atoms with Crippen LogP contribution in [0, 0.1) is 6.92 Å². The molecule has 1 aliphatic heterocycles. The molecule has 3 heterocycles. The van der Waals surface area contributed by atoms with E-state index in [-0.39, 0.29) is 0 Å². The number of thiazole rings is 1. The molecule has 2 aromatic rings. The van der Waals surface area contributed by atoms with E-state index in [9.17, 15) is 0 Å². The predicted octanol–water partition coefficient (Wildman–Crippen LogP) is 2.31. The normalized spacial score (nSPS) is 16.2. The fourth-order valence-corrected chi connectivity index (χ4v) is 4.53. The van der Waals surface area contributed by atoms with Crippen LogP contribution in [-0.4, -0.2) is 71.4 Å². The number of thioether (sulfide) groups is 1. The molecule has 0 amide bonds. The van der Waals surface area contributed by atoms with Gasteiger partial charge in [0.2, 0.25) is 0 Å². The fraction of sp³-hybridized carbons (Fsp3) is 0.588. The van der Waals surface area contributed by atoms with Gasteiger partial charge in [-0.2, -0.15) is 0 Å². The molecule has 0 atom stereocenters. The van der Waals surface area contributed by atoms with Crippen LogP contribution in [-0.2, 0) is 6.54 Å². The number of hydrogen-bond donors (Lipinski definition) is 1. The third-order valence-electron chi connectivity index (χ3n) is 4.19. The lowest BCUT2D eigenvalue weighted by Gasteiger charge is -2.36. The molecule has 0 bridgehead atoms. The number of aliphatic imine (C=N–C) groups is 1. The van der Waals surface area contributed by atoms with E-state index >= 15 is 0 Å². The fourth-order valence-electron chi connectivity index (χ4n) is 2.89. The summed E-state index contributed by atoms with van der Waals surface area (Å²) in [5.41, 5.74) is 1.01. The van der Waals surface area contributed by atoms with Gasteiger partial charge in [-0.25, -0.2) is 4.98 Å². The molecule has 1 aliphatic rings. The van der Waals surface area contributed by atoms with Crippen molar-refractivity contribution in [2.45, 2.75) is 24.2 Å². The predicted molar refractivity (Wildman–Crippen MR) is 107 cm³/mol. The molecule has 9 heteroatoms. The zero-order chi connectivity index (χ0) is 18.2. The van der Waals surface area contributed by atoms with E-state index in [2.05, 4.69) is 30.2 Å². The SMILES string of the molecule is CN=C(NCCCSc1nccs1)N1CCN(Cc2cc(C)on2)CC1. The Morgan fingerprint density at radius 2 is 2.23 bits per heavy atom. The second kappa shape index (κ2) is 9.94. The highest BCUT2D eigenvalue weighted by Crippen LogP contribution is 2.20. The molecule has 1 fully saturated rings. The Hall–Kier alpha value is -1.58. The van der Waals surface area contributed by atoms with Crippen LogP contribution >= 0.6 is 23.1 Å². The minimum Gasteiger partial charge on any atom is -0.361 e. The second-order valence-corrected chi connectivity index (χ2v) is 8.40. The summed E-state index contributed by atoms with van der Waals surface area (Å²) in [6.45, 7) is 7.68. The summed E-state index contributed by atoms with van der Waals surface area (Å²) in [5.74, 6) is 2.94. The zero-order valence-electron chi connectivity index (χ0n) is 15.3. The minimum absolute atomic E-state index is 0.852. The Balaban J connectivity index is 1.34. The lowest BCUT2D eigenvalue weighted by molar-refractivity contribution is 0.169. The molecule has 0 spiro atoms. The van der Waals surface area contributed by atoms with Gasteiger partial charge in [0, 0.05) is 69.7 Å². The van der Waals surface area contributed by atoms with Crippen LogP contribution in [0.3, 0.4) is 0 Å². The quantitative estimate of drug-likeness (QED) is 0.334. The lowest BCUT2D eigenvalue weighted by atomic mass is 10.3. The average molecular weight is 395 g/mol. The Kier molecular flexibility index (Phi) is 7.33. The maximum absolute atomic E-state index is 5.15. The van der Waals surface area contributed by atoms with Crippen molar-refractivity contribution >= 4 is 29.1 Å². The van der Waals surface area contributed by atoms with E-state index in [1.54, 1.807) is 11.3 Å². The van der Waals surface area contributed by atoms with Gasteiger partial charge in [-0.05, 0) is 13.3 Å². The van der Waals surface area contributed by atoms with Crippen molar-refractivity contribution in [2.24, 2.45) is 4.99 Å². The first-order valence-corrected chi connectivity index (χ1v) is 10.7. The Labute approximate surface area is 162 Å². The third-order valence-corrected chi connectivity index (χ3v) is 6.24. The van der Waals surface area contributed by atoms with E-state index in [4.69, 9.17) is 4.52 Å². The lowest BCUT2D eigenvalue weighted by Crippen LogP contribution is -2.52. The van der Waals surface area contributed by atoms with Crippen molar-refractivity contribution in [3.8, 4) is 0 Å². The average Bonchev–Trinajstić information content (AvgIpc) is 3.31. The van der Waals surface area contributed by atoms with Crippen LogP contribution in [0.4, 0.5) is 0 Å². The topological polar surface area (TPSA) is 69.8 Å². The molecule has 1 saturated heterocycles. The smallest absolute Gasteiger partial charge is 0.193 e. The number of guanidine groups is 1. The van der Waals surface area contributed by atoms with Crippen molar-refractivity contribution in [1.29, 1.82) is 0 Å². The van der Waals surface area contributed by atoms with E-state index in [0.29, 0.717) is 0 Å². The van der Waals surface area contributed by atoms with Gasteiger partial charge in [0.1, 0.15) is 10.1 Å². The Bertz CT molecular complexity index is 679. The van der Waals surface area contributed by atoms with Gasteiger partial charge in [-0.15, -0.1) is 11.3 Å². The number of nitrogens with zero attached hydrogens (tertiary/aromatic N) is 5. The molecular weight excluding hydrogens is 368 g/mol. The number of piperazine rings is 1. The molecule has 7 nitrogen and oxygen atoms in total. The highest BCUT2D eigenvalue weighted by molar-refractivity contribution is 8.00. The van der Waals surface area contributed by atoms with Gasteiger partial charge >= 0.3 is 0 Å². The summed E-state index contributed by atoms with van der Waals surface area (Å²) in [5, 5.41) is 9.59. The van der Waals surface area contributed by atoms with Crippen molar-refractivity contribution in [3.63, 3.8) is 0 Å². The minimum atomic E-state index is 0.852. The summed E-state index contributed by atoms with van der Waals surface area (Å²) >= 11 is 3.52. The van der Waals surface area contributed by atoms with Crippen molar-refractivity contribution in [2.75, 3.05) is 45.5 Å². The summed E-state index contributed by atoms with van der Waals surface area (Å²) in [6, 6.07) is 2.01. The molecule has 0 aliphatic carbocycles. The Morgan fingerprint density at radius 1 is 1.38 bits per heavy atom. The molecule has 3 rings (SSSR count).